The van der Waals surface area contributed by atoms with Crippen LogP contribution in [-0.2, 0) is 9.47 Å². The van der Waals surface area contributed by atoms with Crippen molar-refractivity contribution in [1.29, 1.82) is 0 Å². The molecule has 1 aromatic heterocycles. The number of hydrogen-bond donors (Lipinski definition) is 2. The van der Waals surface area contributed by atoms with Gasteiger partial charge in [-0.1, -0.05) is 0 Å². The lowest BCUT2D eigenvalue weighted by molar-refractivity contribution is -0.0886. The normalized spacial score (nSPS) is 33.7. The fourth-order valence-electron chi connectivity index (χ4n) is 5.10. The van der Waals surface area contributed by atoms with Crippen molar-refractivity contribution in [2.24, 2.45) is 5.92 Å². The molecule has 4 aliphatic rings. The summed E-state index contributed by atoms with van der Waals surface area (Å²) in [6.07, 6.45) is 3.18. The Hall–Kier alpha value is -2.04. The van der Waals surface area contributed by atoms with Crippen molar-refractivity contribution in [3.63, 3.8) is 0 Å². The minimum absolute atomic E-state index is 0.0202. The third-order valence-electron chi connectivity index (χ3n) is 7.27. The van der Waals surface area contributed by atoms with Crippen LogP contribution in [0.1, 0.15) is 51.3 Å². The van der Waals surface area contributed by atoms with Crippen LogP contribution in [0.3, 0.4) is 0 Å². The predicted molar refractivity (Wildman–Crippen MR) is 116 cm³/mol. The van der Waals surface area contributed by atoms with E-state index in [-0.39, 0.29) is 35.8 Å². The number of aromatic nitrogens is 2. The van der Waals surface area contributed by atoms with E-state index in [2.05, 4.69) is 32.6 Å². The Labute approximate surface area is 188 Å². The number of ether oxygens (including phenoxy) is 2. The largest absolute Gasteiger partial charge is 0.450 e. The molecule has 0 aromatic carbocycles. The van der Waals surface area contributed by atoms with Gasteiger partial charge in [0.05, 0.1) is 30.0 Å². The zero-order valence-electron chi connectivity index (χ0n) is 18.8. The summed E-state index contributed by atoms with van der Waals surface area (Å²) in [6, 6.07) is 2.06. The quantitative estimate of drug-likeness (QED) is 0.706. The highest BCUT2D eigenvalue weighted by Gasteiger charge is 2.50. The molecule has 0 spiro atoms. The number of alkyl halides is 1. The molecule has 10 heteroatoms. The van der Waals surface area contributed by atoms with Crippen molar-refractivity contribution in [1.82, 2.24) is 25.7 Å². The summed E-state index contributed by atoms with van der Waals surface area (Å²) in [5.41, 5.74) is 7.40. The first-order valence-electron chi connectivity index (χ1n) is 11.8. The number of carbonyl (C=O) groups excluding carboxylic acids is 1. The highest BCUT2D eigenvalue weighted by atomic mass is 19.1. The van der Waals surface area contributed by atoms with E-state index in [9.17, 15) is 9.18 Å². The van der Waals surface area contributed by atoms with E-state index in [1.54, 1.807) is 11.2 Å². The summed E-state index contributed by atoms with van der Waals surface area (Å²) in [5, 5.41) is 0. The van der Waals surface area contributed by atoms with Crippen LogP contribution in [0, 0.1) is 5.92 Å². The summed E-state index contributed by atoms with van der Waals surface area (Å²) in [6.45, 7) is 6.85. The van der Waals surface area contributed by atoms with Gasteiger partial charge in [-0.3, -0.25) is 5.43 Å². The SMILES string of the molecule is CCOC(=O)N1CCN(c2cc(C3NNC4CC(F)C(OC5(C)CC5)CC43)ncn2)CC1. The van der Waals surface area contributed by atoms with Gasteiger partial charge in [-0.25, -0.2) is 24.6 Å². The zero-order valence-corrected chi connectivity index (χ0v) is 18.8. The molecule has 3 heterocycles. The lowest BCUT2D eigenvalue weighted by Gasteiger charge is -2.37. The lowest BCUT2D eigenvalue weighted by atomic mass is 9.78. The van der Waals surface area contributed by atoms with Gasteiger partial charge in [-0.15, -0.1) is 0 Å². The van der Waals surface area contributed by atoms with E-state index >= 15 is 0 Å². The number of rotatable bonds is 5. The number of carbonyl (C=O) groups is 1. The summed E-state index contributed by atoms with van der Waals surface area (Å²) in [4.78, 5) is 24.9. The van der Waals surface area contributed by atoms with Crippen LogP contribution in [0.25, 0.3) is 0 Å². The van der Waals surface area contributed by atoms with Crippen molar-refractivity contribution in [3.05, 3.63) is 18.1 Å². The average Bonchev–Trinajstić information content (AvgIpc) is 3.39. The molecule has 9 nitrogen and oxygen atoms in total. The molecular weight excluding hydrogens is 415 g/mol. The Kier molecular flexibility index (Phi) is 5.94. The summed E-state index contributed by atoms with van der Waals surface area (Å²) < 4.78 is 26.0. The number of hydrazine groups is 1. The number of nitrogens with zero attached hydrogens (tertiary/aromatic N) is 4. The smallest absolute Gasteiger partial charge is 0.409 e. The summed E-state index contributed by atoms with van der Waals surface area (Å²) >= 11 is 0. The molecule has 2 aliphatic carbocycles. The molecule has 176 valence electrons. The number of halogens is 1. The highest BCUT2D eigenvalue weighted by Crippen LogP contribution is 2.45. The molecule has 2 N–H and O–H groups in total. The first-order valence-corrected chi connectivity index (χ1v) is 11.8. The molecule has 5 atom stereocenters. The minimum Gasteiger partial charge on any atom is -0.450 e. The number of hydrogen-bond acceptors (Lipinski definition) is 8. The molecule has 2 saturated carbocycles. The van der Waals surface area contributed by atoms with Gasteiger partial charge in [0.25, 0.3) is 0 Å². The Morgan fingerprint density at radius 3 is 2.72 bits per heavy atom. The minimum atomic E-state index is -0.946. The van der Waals surface area contributed by atoms with Crippen molar-refractivity contribution in [2.45, 2.75) is 69.5 Å². The van der Waals surface area contributed by atoms with Crippen molar-refractivity contribution < 1.29 is 18.7 Å². The molecule has 5 rings (SSSR count). The van der Waals surface area contributed by atoms with Crippen LogP contribution >= 0.6 is 0 Å². The summed E-state index contributed by atoms with van der Waals surface area (Å²) in [7, 11) is 0. The Morgan fingerprint density at radius 2 is 2.00 bits per heavy atom. The average molecular weight is 449 g/mol. The number of fused-ring (bicyclic) bond motifs is 1. The van der Waals surface area contributed by atoms with E-state index in [0.29, 0.717) is 45.6 Å². The molecular formula is C22H33FN6O3. The second kappa shape index (κ2) is 8.72. The maximum Gasteiger partial charge on any atom is 0.409 e. The lowest BCUT2D eigenvalue weighted by Crippen LogP contribution is -2.49. The molecule has 1 amide bonds. The Bertz CT molecular complexity index is 832. The van der Waals surface area contributed by atoms with Crippen LogP contribution in [0.15, 0.2) is 12.4 Å². The van der Waals surface area contributed by atoms with E-state index in [1.165, 1.54) is 0 Å². The van der Waals surface area contributed by atoms with Gasteiger partial charge in [0, 0.05) is 44.2 Å². The van der Waals surface area contributed by atoms with Crippen molar-refractivity contribution in [2.75, 3.05) is 37.7 Å². The standard InChI is InChI=1S/C22H33FN6O3/c1-3-31-21(30)29-8-6-28(7-9-29)19-12-17(24-13-25-19)20-14-10-18(32-22(2)4-5-22)15(23)11-16(14)26-27-20/h12-16,18,20,26-27H,3-11H2,1-2H3. The first kappa shape index (κ1) is 21.8. The Morgan fingerprint density at radius 1 is 1.22 bits per heavy atom. The van der Waals surface area contributed by atoms with E-state index in [0.717, 1.165) is 24.4 Å². The van der Waals surface area contributed by atoms with Gasteiger partial charge in [0.2, 0.25) is 0 Å². The number of anilines is 1. The van der Waals surface area contributed by atoms with E-state index in [1.807, 2.05) is 13.0 Å². The fraction of sp³-hybridized carbons (Fsp3) is 0.773. The van der Waals surface area contributed by atoms with Gasteiger partial charge in [0.1, 0.15) is 18.3 Å². The number of nitrogens with one attached hydrogen (secondary N) is 2. The van der Waals surface area contributed by atoms with Crippen molar-refractivity contribution >= 4 is 11.9 Å². The molecule has 1 aromatic rings. The van der Waals surface area contributed by atoms with Crippen LogP contribution in [-0.4, -0.2) is 77.7 Å². The molecule has 32 heavy (non-hydrogen) atoms. The van der Waals surface area contributed by atoms with Crippen LogP contribution in [0.2, 0.25) is 0 Å². The molecule has 2 aliphatic heterocycles. The Balaban J connectivity index is 1.25. The topological polar surface area (TPSA) is 91.9 Å². The molecule has 4 fully saturated rings. The summed E-state index contributed by atoms with van der Waals surface area (Å²) in [5.74, 6) is 1.05. The second-order valence-electron chi connectivity index (χ2n) is 9.60. The second-order valence-corrected chi connectivity index (χ2v) is 9.60. The van der Waals surface area contributed by atoms with Gasteiger partial charge < -0.3 is 19.3 Å². The number of amides is 1. The maximum atomic E-state index is 14.8. The monoisotopic (exact) mass is 448 g/mol. The third-order valence-corrected chi connectivity index (χ3v) is 7.27. The molecule has 0 bridgehead atoms. The molecule has 0 radical (unpaired) electrons. The maximum absolute atomic E-state index is 14.8. The van der Waals surface area contributed by atoms with Crippen molar-refractivity contribution in [3.8, 4) is 0 Å². The van der Waals surface area contributed by atoms with Crippen LogP contribution in [0.4, 0.5) is 15.0 Å². The van der Waals surface area contributed by atoms with Gasteiger partial charge in [-0.05, 0) is 39.5 Å². The predicted octanol–water partition coefficient (Wildman–Crippen LogP) is 1.96. The van der Waals surface area contributed by atoms with E-state index < -0.39 is 6.17 Å². The number of piperazine rings is 1. The fourth-order valence-corrected chi connectivity index (χ4v) is 5.10. The molecule has 5 unspecified atom stereocenters. The zero-order chi connectivity index (χ0) is 22.3. The first-order chi connectivity index (χ1) is 15.5. The van der Waals surface area contributed by atoms with Crippen LogP contribution in [0.5, 0.6) is 0 Å². The third kappa shape index (κ3) is 4.40. The molecule has 2 saturated heterocycles. The highest BCUT2D eigenvalue weighted by molar-refractivity contribution is 5.68. The van der Waals surface area contributed by atoms with Crippen LogP contribution < -0.4 is 15.8 Å². The van der Waals surface area contributed by atoms with Gasteiger partial charge in [0.15, 0.2) is 0 Å². The van der Waals surface area contributed by atoms with E-state index in [4.69, 9.17) is 9.47 Å². The van der Waals surface area contributed by atoms with Gasteiger partial charge >= 0.3 is 6.09 Å². The van der Waals surface area contributed by atoms with Gasteiger partial charge in [-0.2, -0.15) is 0 Å².